The molecular formula is C10H16Br2Si2Zr. The van der Waals surface area contributed by atoms with E-state index in [2.05, 4.69) is 24.3 Å². The van der Waals surface area contributed by atoms with Gasteiger partial charge in [0.05, 0.1) is 0 Å². The molecule has 0 unspecified atom stereocenters. The SMILES string of the molecule is Br.Br.[C-]1=CC=CC1.[C-]1=CC=CC1.[SiH2][SiH2].[Zr+2]. The second kappa shape index (κ2) is 24.5. The Balaban J connectivity index is -0.0000000592. The molecule has 5 heteroatoms. The summed E-state index contributed by atoms with van der Waals surface area (Å²) in [5.74, 6) is 0. The predicted octanol–water partition coefficient (Wildman–Crippen LogP) is 1.93. The summed E-state index contributed by atoms with van der Waals surface area (Å²) in [6.45, 7) is 0. The predicted molar refractivity (Wildman–Crippen MR) is 80.9 cm³/mol. The molecule has 82 valence electrons. The Morgan fingerprint density at radius 2 is 1.13 bits per heavy atom. The first-order valence-electron chi connectivity index (χ1n) is 3.93. The zero-order valence-electron chi connectivity index (χ0n) is 8.61. The summed E-state index contributed by atoms with van der Waals surface area (Å²) in [5, 5.41) is 0. The van der Waals surface area contributed by atoms with Crippen molar-refractivity contribution in [3.05, 3.63) is 48.6 Å². The normalized spacial score (nSPS) is 12.1. The number of rotatable bonds is 0. The van der Waals surface area contributed by atoms with Crippen LogP contribution in [0.1, 0.15) is 12.8 Å². The molecule has 0 aromatic rings. The third-order valence-corrected chi connectivity index (χ3v) is 1.17. The van der Waals surface area contributed by atoms with Gasteiger partial charge in [-0.15, -0.1) is 46.8 Å². The van der Waals surface area contributed by atoms with Crippen LogP contribution in [-0.4, -0.2) is 19.5 Å². The van der Waals surface area contributed by atoms with E-state index in [9.17, 15) is 0 Å². The van der Waals surface area contributed by atoms with Gasteiger partial charge in [0, 0.05) is 0 Å². The van der Waals surface area contributed by atoms with Gasteiger partial charge in [-0.2, -0.15) is 12.2 Å². The third kappa shape index (κ3) is 21.1. The van der Waals surface area contributed by atoms with Crippen LogP contribution >= 0.6 is 34.0 Å². The van der Waals surface area contributed by atoms with E-state index in [4.69, 9.17) is 0 Å². The average Bonchev–Trinajstić information content (AvgIpc) is 2.87. The molecule has 0 saturated heterocycles. The molecule has 0 aromatic heterocycles. The molecule has 0 amide bonds. The molecule has 0 atom stereocenters. The molecule has 2 rings (SSSR count). The molecular weight excluding hydrogens is 427 g/mol. The first kappa shape index (κ1) is 25.2. The number of halogens is 2. The molecule has 0 aromatic carbocycles. The van der Waals surface area contributed by atoms with E-state index in [-0.39, 0.29) is 60.2 Å². The summed E-state index contributed by atoms with van der Waals surface area (Å²) < 4.78 is 0. The average molecular weight is 443 g/mol. The van der Waals surface area contributed by atoms with E-state index in [1.165, 1.54) is 0 Å². The Hall–Kier alpha value is 1.24. The second-order valence-electron chi connectivity index (χ2n) is 2.01. The van der Waals surface area contributed by atoms with Crippen molar-refractivity contribution in [2.75, 3.05) is 0 Å². The van der Waals surface area contributed by atoms with Gasteiger partial charge in [0.25, 0.3) is 0 Å². The van der Waals surface area contributed by atoms with Crippen molar-refractivity contribution in [2.45, 2.75) is 12.8 Å². The first-order valence-corrected chi connectivity index (χ1v) is 7.93. The van der Waals surface area contributed by atoms with E-state index in [1.807, 2.05) is 43.8 Å². The van der Waals surface area contributed by atoms with Crippen LogP contribution in [0.3, 0.4) is 0 Å². The summed E-state index contributed by atoms with van der Waals surface area (Å²) in [6.07, 6.45) is 20.0. The molecule has 0 aliphatic heterocycles. The summed E-state index contributed by atoms with van der Waals surface area (Å²) >= 11 is 0. The molecule has 0 nitrogen and oxygen atoms in total. The van der Waals surface area contributed by atoms with Crippen LogP contribution in [-0.2, 0) is 26.2 Å². The van der Waals surface area contributed by atoms with E-state index in [0.717, 1.165) is 12.8 Å². The fourth-order valence-electron chi connectivity index (χ4n) is 0.680. The Bertz CT molecular complexity index is 160. The van der Waals surface area contributed by atoms with Gasteiger partial charge in [0.2, 0.25) is 0 Å². The molecule has 15 heavy (non-hydrogen) atoms. The third-order valence-electron chi connectivity index (χ3n) is 1.17. The maximum atomic E-state index is 2.99. The van der Waals surface area contributed by atoms with Gasteiger partial charge in [0.1, 0.15) is 0 Å². The fourth-order valence-corrected chi connectivity index (χ4v) is 0.680. The number of hydrogen-bond donors (Lipinski definition) is 0. The van der Waals surface area contributed by atoms with Crippen molar-refractivity contribution in [1.82, 2.24) is 0 Å². The monoisotopic (exact) mass is 440 g/mol. The van der Waals surface area contributed by atoms with Gasteiger partial charge in [-0.25, -0.2) is 24.3 Å². The van der Waals surface area contributed by atoms with Crippen molar-refractivity contribution >= 4 is 53.5 Å². The van der Waals surface area contributed by atoms with Crippen LogP contribution in [0.25, 0.3) is 0 Å². The molecule has 0 bridgehead atoms. The fraction of sp³-hybridized carbons (Fsp3) is 0.200. The zero-order chi connectivity index (χ0) is 9.07. The van der Waals surface area contributed by atoms with Crippen molar-refractivity contribution in [1.29, 1.82) is 0 Å². The maximum absolute atomic E-state index is 2.99. The molecule has 2 aliphatic carbocycles. The minimum atomic E-state index is 0. The summed E-state index contributed by atoms with van der Waals surface area (Å²) in [5.41, 5.74) is 0. The van der Waals surface area contributed by atoms with Crippen molar-refractivity contribution in [3.63, 3.8) is 0 Å². The molecule has 0 saturated carbocycles. The summed E-state index contributed by atoms with van der Waals surface area (Å²) in [6, 6.07) is 0. The molecule has 0 heterocycles. The van der Waals surface area contributed by atoms with Gasteiger partial charge in [0.15, 0.2) is 0 Å². The van der Waals surface area contributed by atoms with Crippen LogP contribution in [0.15, 0.2) is 36.5 Å². The minimum Gasteiger partial charge on any atom is -0.273 e. The van der Waals surface area contributed by atoms with E-state index in [0.29, 0.717) is 0 Å². The van der Waals surface area contributed by atoms with E-state index in [1.54, 1.807) is 0 Å². The standard InChI is InChI=1S/2C5H5.2BrH.H4Si2.Zr/c2*1-2-4-5-3-1;;;1-2;/h2*1-3H,4H2;2*1H;1-2H2;/q2*-1;;;;+2. The van der Waals surface area contributed by atoms with Crippen LogP contribution in [0.5, 0.6) is 0 Å². The van der Waals surface area contributed by atoms with E-state index < -0.39 is 0 Å². The molecule has 2 radical (unpaired) electrons. The van der Waals surface area contributed by atoms with Gasteiger partial charge in [-0.1, -0.05) is 0 Å². The van der Waals surface area contributed by atoms with Crippen LogP contribution in [0.4, 0.5) is 0 Å². The zero-order valence-corrected chi connectivity index (χ0v) is 17.3. The summed E-state index contributed by atoms with van der Waals surface area (Å²) in [7, 11) is 3.78. The quantitative estimate of drug-likeness (QED) is 0.397. The molecule has 0 fully saturated rings. The van der Waals surface area contributed by atoms with Crippen molar-refractivity contribution in [3.8, 4) is 0 Å². The van der Waals surface area contributed by atoms with Crippen LogP contribution in [0, 0.1) is 12.2 Å². The Morgan fingerprint density at radius 1 is 0.800 bits per heavy atom. The Morgan fingerprint density at radius 3 is 1.20 bits per heavy atom. The molecule has 0 N–H and O–H groups in total. The number of allylic oxidation sites excluding steroid dienone is 8. The summed E-state index contributed by atoms with van der Waals surface area (Å²) in [4.78, 5) is 0. The van der Waals surface area contributed by atoms with Crippen molar-refractivity contribution < 1.29 is 26.2 Å². The molecule has 2 aliphatic rings. The van der Waals surface area contributed by atoms with Crippen LogP contribution in [0.2, 0.25) is 0 Å². The van der Waals surface area contributed by atoms with E-state index >= 15 is 0 Å². The minimum absolute atomic E-state index is 0. The van der Waals surface area contributed by atoms with Gasteiger partial charge in [-0.3, -0.25) is 12.2 Å². The van der Waals surface area contributed by atoms with Crippen molar-refractivity contribution in [2.24, 2.45) is 0 Å². The maximum Gasteiger partial charge on any atom is 2.00 e. The van der Waals surface area contributed by atoms with Crippen LogP contribution < -0.4 is 0 Å². The Labute approximate surface area is 140 Å². The molecule has 0 spiro atoms. The van der Waals surface area contributed by atoms with Gasteiger partial charge in [-0.05, 0) is 19.5 Å². The first-order chi connectivity index (χ1) is 6.00. The van der Waals surface area contributed by atoms with Gasteiger partial charge < -0.3 is 0 Å². The second-order valence-corrected chi connectivity index (χ2v) is 2.01. The largest absolute Gasteiger partial charge is 2.00 e. The Kier molecular flexibility index (Phi) is 41.0. The topological polar surface area (TPSA) is 0 Å². The van der Waals surface area contributed by atoms with Gasteiger partial charge >= 0.3 is 26.2 Å². The number of hydrogen-bond acceptors (Lipinski definition) is 0. The smallest absolute Gasteiger partial charge is 0.273 e.